The second kappa shape index (κ2) is 7.55. The van der Waals surface area contributed by atoms with Crippen LogP contribution in [0.25, 0.3) is 33.5 Å². The lowest BCUT2D eigenvalue weighted by atomic mass is 10.2. The zero-order chi connectivity index (χ0) is 21.4. The van der Waals surface area contributed by atoms with Crippen LogP contribution in [-0.4, -0.2) is 41.4 Å². The van der Waals surface area contributed by atoms with Crippen molar-refractivity contribution in [1.82, 2.24) is 9.97 Å². The van der Waals surface area contributed by atoms with Crippen LogP contribution in [0, 0.1) is 0 Å². The molecule has 0 saturated carbocycles. The molecule has 8 nitrogen and oxygen atoms in total. The molecule has 0 fully saturated rings. The molecular weight excluding hydrogens is 386 g/mol. The summed E-state index contributed by atoms with van der Waals surface area (Å²) in [6.45, 7) is 4.09. The Labute approximate surface area is 172 Å². The lowest BCUT2D eigenvalue weighted by molar-refractivity contribution is 0.144. The molecule has 0 aliphatic rings. The molecule has 1 N–H and O–H groups in total. The maximum absolute atomic E-state index is 10.9. The van der Waals surface area contributed by atoms with Crippen molar-refractivity contribution >= 4 is 34.0 Å². The fourth-order valence-electron chi connectivity index (χ4n) is 3.11. The highest BCUT2D eigenvalue weighted by atomic mass is 16.7. The van der Waals surface area contributed by atoms with E-state index in [0.29, 0.717) is 28.3 Å². The van der Waals surface area contributed by atoms with Gasteiger partial charge >= 0.3 is 6.16 Å². The third-order valence-electron chi connectivity index (χ3n) is 4.89. The van der Waals surface area contributed by atoms with Gasteiger partial charge in [-0.3, -0.25) is 0 Å². The van der Waals surface area contributed by atoms with E-state index in [1.54, 1.807) is 25.3 Å². The number of carbonyl (C=O) groups is 1. The van der Waals surface area contributed by atoms with Crippen LogP contribution >= 0.6 is 0 Å². The zero-order valence-electron chi connectivity index (χ0n) is 17.0. The van der Waals surface area contributed by atoms with Crippen molar-refractivity contribution in [3.05, 3.63) is 42.5 Å². The molecule has 0 bridgehead atoms. The summed E-state index contributed by atoms with van der Waals surface area (Å²) in [4.78, 5) is 22.4. The highest BCUT2D eigenvalue weighted by Crippen LogP contribution is 2.35. The van der Waals surface area contributed by atoms with Crippen LogP contribution in [0.3, 0.4) is 0 Å². The predicted octanol–water partition coefficient (Wildman–Crippen LogP) is 4.95. The minimum absolute atomic E-state index is 0.151. The molecule has 0 unspecified atom stereocenters. The Morgan fingerprint density at radius 2 is 1.83 bits per heavy atom. The van der Waals surface area contributed by atoms with E-state index in [1.165, 1.54) is 0 Å². The van der Waals surface area contributed by atoms with Gasteiger partial charge < -0.3 is 23.9 Å². The maximum Gasteiger partial charge on any atom is 0.511 e. The van der Waals surface area contributed by atoms with Crippen molar-refractivity contribution in [3.8, 4) is 23.0 Å². The number of furan rings is 1. The van der Waals surface area contributed by atoms with E-state index in [0.717, 1.165) is 16.7 Å². The third kappa shape index (κ3) is 3.59. The monoisotopic (exact) mass is 407 g/mol. The van der Waals surface area contributed by atoms with Crippen molar-refractivity contribution in [2.45, 2.75) is 19.9 Å². The molecular formula is C22H21N3O5. The number of hydrogen-bond acceptors (Lipinski definition) is 7. The standard InChI is InChI=1S/C22H21N3O5/c1-12(2)25(3)21-20(19-10-13-9-14(28-4)6-8-18(13)30-19)23-16-7-5-15(29-22(26)27)11-17(16)24-21/h5-12H,1-4H3,(H,26,27). The Hall–Kier alpha value is -3.81. The highest BCUT2D eigenvalue weighted by Gasteiger charge is 2.20. The van der Waals surface area contributed by atoms with E-state index in [9.17, 15) is 4.79 Å². The molecule has 0 atom stereocenters. The topological polar surface area (TPSA) is 97.9 Å². The van der Waals surface area contributed by atoms with Crippen molar-refractivity contribution in [3.63, 3.8) is 0 Å². The van der Waals surface area contributed by atoms with Crippen LogP contribution in [0.15, 0.2) is 46.9 Å². The zero-order valence-corrected chi connectivity index (χ0v) is 17.0. The van der Waals surface area contributed by atoms with E-state index < -0.39 is 6.16 Å². The molecule has 0 spiro atoms. The summed E-state index contributed by atoms with van der Waals surface area (Å²) >= 11 is 0. The lowest BCUT2D eigenvalue weighted by Crippen LogP contribution is -2.27. The van der Waals surface area contributed by atoms with Gasteiger partial charge in [0.2, 0.25) is 0 Å². The van der Waals surface area contributed by atoms with E-state index >= 15 is 0 Å². The normalized spacial score (nSPS) is 11.2. The number of methoxy groups -OCH3 is 1. The van der Waals surface area contributed by atoms with Gasteiger partial charge in [-0.15, -0.1) is 0 Å². The van der Waals surface area contributed by atoms with Gasteiger partial charge in [0.1, 0.15) is 22.8 Å². The molecule has 0 amide bonds. The molecule has 0 radical (unpaired) electrons. The summed E-state index contributed by atoms with van der Waals surface area (Å²) in [6, 6.07) is 12.4. The van der Waals surface area contributed by atoms with Crippen LogP contribution in [0.4, 0.5) is 10.6 Å². The number of ether oxygens (including phenoxy) is 2. The van der Waals surface area contributed by atoms with Gasteiger partial charge in [-0.25, -0.2) is 14.8 Å². The smallest absolute Gasteiger partial charge is 0.497 e. The first-order chi connectivity index (χ1) is 14.4. The molecule has 2 heterocycles. The number of carboxylic acid groups (broad SMARTS) is 1. The number of rotatable bonds is 5. The molecule has 0 saturated heterocycles. The second-order valence-corrected chi connectivity index (χ2v) is 7.13. The molecule has 2 aromatic carbocycles. The van der Waals surface area contributed by atoms with Crippen LogP contribution in [0.5, 0.6) is 11.5 Å². The predicted molar refractivity (Wildman–Crippen MR) is 113 cm³/mol. The number of nitrogens with zero attached hydrogens (tertiary/aromatic N) is 3. The average molecular weight is 407 g/mol. The van der Waals surface area contributed by atoms with E-state index in [2.05, 4.69) is 0 Å². The Morgan fingerprint density at radius 1 is 1.07 bits per heavy atom. The van der Waals surface area contributed by atoms with Gasteiger partial charge in [0.25, 0.3) is 0 Å². The first-order valence-electron chi connectivity index (χ1n) is 9.39. The summed E-state index contributed by atoms with van der Waals surface area (Å²) in [5.41, 5.74) is 2.44. The van der Waals surface area contributed by atoms with Gasteiger partial charge in [-0.05, 0) is 50.2 Å². The van der Waals surface area contributed by atoms with E-state index in [-0.39, 0.29) is 11.8 Å². The Balaban J connectivity index is 1.90. The first kappa shape index (κ1) is 19.5. The minimum atomic E-state index is -1.38. The number of benzene rings is 2. The summed E-state index contributed by atoms with van der Waals surface area (Å²) < 4.78 is 16.1. The van der Waals surface area contributed by atoms with Crippen molar-refractivity contribution in [1.29, 1.82) is 0 Å². The molecule has 30 heavy (non-hydrogen) atoms. The number of fused-ring (bicyclic) bond motifs is 2. The molecule has 4 rings (SSSR count). The Morgan fingerprint density at radius 3 is 2.53 bits per heavy atom. The van der Waals surface area contributed by atoms with Crippen LogP contribution in [0.2, 0.25) is 0 Å². The molecule has 4 aromatic rings. The lowest BCUT2D eigenvalue weighted by Gasteiger charge is -2.24. The first-order valence-corrected chi connectivity index (χ1v) is 9.39. The van der Waals surface area contributed by atoms with Crippen molar-refractivity contribution in [2.75, 3.05) is 19.1 Å². The summed E-state index contributed by atoms with van der Waals surface area (Å²) in [6.07, 6.45) is -1.38. The van der Waals surface area contributed by atoms with Gasteiger partial charge in [0, 0.05) is 24.5 Å². The minimum Gasteiger partial charge on any atom is -0.497 e. The molecule has 0 aliphatic carbocycles. The van der Waals surface area contributed by atoms with Crippen LogP contribution in [-0.2, 0) is 0 Å². The quantitative estimate of drug-likeness (QED) is 0.366. The summed E-state index contributed by atoms with van der Waals surface area (Å²) in [5.74, 6) is 2.13. The molecule has 2 aromatic heterocycles. The summed E-state index contributed by atoms with van der Waals surface area (Å²) in [5, 5.41) is 9.76. The van der Waals surface area contributed by atoms with E-state index in [4.69, 9.17) is 29.0 Å². The number of aromatic nitrogens is 2. The fourth-order valence-corrected chi connectivity index (χ4v) is 3.11. The average Bonchev–Trinajstić information content (AvgIpc) is 3.14. The van der Waals surface area contributed by atoms with Crippen molar-refractivity contribution in [2.24, 2.45) is 0 Å². The van der Waals surface area contributed by atoms with Crippen molar-refractivity contribution < 1.29 is 23.8 Å². The highest BCUT2D eigenvalue weighted by molar-refractivity contribution is 5.88. The second-order valence-electron chi connectivity index (χ2n) is 7.13. The van der Waals surface area contributed by atoms with Crippen LogP contribution < -0.4 is 14.4 Å². The van der Waals surface area contributed by atoms with E-state index in [1.807, 2.05) is 50.1 Å². The van der Waals surface area contributed by atoms with Gasteiger partial charge in [-0.1, -0.05) is 0 Å². The summed E-state index contributed by atoms with van der Waals surface area (Å²) in [7, 11) is 3.54. The Kier molecular flexibility index (Phi) is 4.91. The molecule has 154 valence electrons. The largest absolute Gasteiger partial charge is 0.511 e. The number of hydrogen-bond donors (Lipinski definition) is 1. The van der Waals surface area contributed by atoms with Gasteiger partial charge in [0.15, 0.2) is 11.6 Å². The van der Waals surface area contributed by atoms with Gasteiger partial charge in [-0.2, -0.15) is 0 Å². The SMILES string of the molecule is COc1ccc2oc(-c3nc4ccc(OC(=O)O)cc4nc3N(C)C(C)C)cc2c1. The maximum atomic E-state index is 10.9. The molecule has 8 heteroatoms. The molecule has 0 aliphatic heterocycles. The Bertz CT molecular complexity index is 1250. The third-order valence-corrected chi connectivity index (χ3v) is 4.89. The number of anilines is 1. The fraction of sp³-hybridized carbons (Fsp3) is 0.227. The van der Waals surface area contributed by atoms with Gasteiger partial charge in [0.05, 0.1) is 18.1 Å². The van der Waals surface area contributed by atoms with Crippen LogP contribution in [0.1, 0.15) is 13.8 Å².